The summed E-state index contributed by atoms with van der Waals surface area (Å²) in [7, 11) is -4.63. The first kappa shape index (κ1) is 56.7. The smallest absolute Gasteiger partial charge is 0.462 e. The highest BCUT2D eigenvalue weighted by molar-refractivity contribution is 7.47. The number of aliphatic hydroxyl groups excluding tert-OH is 2. The van der Waals surface area contributed by atoms with Gasteiger partial charge in [0, 0.05) is 12.8 Å². The number of aliphatic hydroxyl groups is 2. The molecule has 0 saturated heterocycles. The van der Waals surface area contributed by atoms with Crippen LogP contribution in [0.2, 0.25) is 0 Å². The van der Waals surface area contributed by atoms with Crippen molar-refractivity contribution in [2.24, 2.45) is 0 Å². The molecule has 1 unspecified atom stereocenters. The van der Waals surface area contributed by atoms with Gasteiger partial charge in [-0.25, -0.2) is 4.57 Å². The number of phosphoric ester groups is 1. The lowest BCUT2D eigenvalue weighted by atomic mass is 10.1. The largest absolute Gasteiger partial charge is 0.472 e. The van der Waals surface area contributed by atoms with Crippen molar-refractivity contribution < 1.29 is 47.8 Å². The molecule has 0 aromatic heterocycles. The fourth-order valence-corrected chi connectivity index (χ4v) is 6.82. The minimum absolute atomic E-state index is 0.172. The van der Waals surface area contributed by atoms with Crippen LogP contribution in [-0.2, 0) is 32.7 Å². The van der Waals surface area contributed by atoms with Crippen molar-refractivity contribution in [1.82, 2.24) is 0 Å². The van der Waals surface area contributed by atoms with E-state index in [2.05, 4.69) is 74.6 Å². The normalized spacial score (nSPS) is 14.3. The van der Waals surface area contributed by atoms with E-state index in [1.54, 1.807) is 0 Å². The van der Waals surface area contributed by atoms with Gasteiger partial charge in [-0.1, -0.05) is 158 Å². The van der Waals surface area contributed by atoms with Crippen LogP contribution in [-0.4, -0.2) is 65.7 Å². The number of hydrogen-bond acceptors (Lipinski definition) is 9. The molecule has 11 heteroatoms. The first-order valence-electron chi connectivity index (χ1n) is 23.2. The van der Waals surface area contributed by atoms with Gasteiger partial charge in [0.2, 0.25) is 0 Å². The number of hydrogen-bond donors (Lipinski definition) is 3. The van der Waals surface area contributed by atoms with Crippen LogP contribution in [0.5, 0.6) is 0 Å². The third-order valence-electron chi connectivity index (χ3n) is 9.64. The summed E-state index contributed by atoms with van der Waals surface area (Å²) in [5.41, 5.74) is 0. The van der Waals surface area contributed by atoms with Gasteiger partial charge in [0.05, 0.1) is 19.8 Å². The maximum absolute atomic E-state index is 12.6. The first-order valence-corrected chi connectivity index (χ1v) is 24.7. The molecule has 59 heavy (non-hydrogen) atoms. The van der Waals surface area contributed by atoms with Crippen LogP contribution in [0.1, 0.15) is 194 Å². The van der Waals surface area contributed by atoms with E-state index < -0.39 is 51.8 Å². The fourth-order valence-electron chi connectivity index (χ4n) is 6.03. The van der Waals surface area contributed by atoms with Crippen LogP contribution >= 0.6 is 7.82 Å². The summed E-state index contributed by atoms with van der Waals surface area (Å²) in [5, 5.41) is 18.4. The standard InChI is InChI=1S/C48H85O10P/c1-3-5-7-9-11-13-15-17-19-21-22-24-26-28-30-32-34-36-38-40-48(52)58-46(44-57-59(53,54)56-42-45(50)41-49)43-55-47(51)39-37-35-33-31-29-27-25-23-20-18-16-14-12-10-8-6-4-2/h11-14,17-20,25,27,45-46,49-50H,3-10,15-16,21-24,26,28-44H2,1-2H3,(H,53,54)/b13-11+,14-12+,19-17+,20-18+,27-25+/t45-,46+/m0/s1. The predicted octanol–water partition coefficient (Wildman–Crippen LogP) is 12.7. The molecule has 3 atom stereocenters. The van der Waals surface area contributed by atoms with Crippen LogP contribution in [0, 0.1) is 0 Å². The van der Waals surface area contributed by atoms with Crippen LogP contribution in [0.3, 0.4) is 0 Å². The number of unbranched alkanes of at least 4 members (excludes halogenated alkanes) is 19. The third kappa shape index (κ3) is 43.6. The summed E-state index contributed by atoms with van der Waals surface area (Å²) in [6.45, 7) is 2.30. The molecule has 0 bridgehead atoms. The average Bonchev–Trinajstić information content (AvgIpc) is 3.22. The maximum atomic E-state index is 12.6. The van der Waals surface area contributed by atoms with E-state index in [0.717, 1.165) is 70.6 Å². The van der Waals surface area contributed by atoms with Crippen molar-refractivity contribution in [3.8, 4) is 0 Å². The lowest BCUT2D eigenvalue weighted by molar-refractivity contribution is -0.161. The van der Waals surface area contributed by atoms with E-state index in [1.807, 2.05) is 0 Å². The first-order chi connectivity index (χ1) is 28.7. The molecule has 0 aliphatic heterocycles. The Morgan fingerprint density at radius 3 is 1.32 bits per heavy atom. The summed E-state index contributed by atoms with van der Waals surface area (Å²) in [5.74, 6) is -0.956. The monoisotopic (exact) mass is 853 g/mol. The Bertz CT molecular complexity index is 1160. The van der Waals surface area contributed by atoms with E-state index in [-0.39, 0.29) is 19.4 Å². The van der Waals surface area contributed by atoms with Crippen LogP contribution < -0.4 is 0 Å². The fraction of sp³-hybridized carbons (Fsp3) is 0.750. The lowest BCUT2D eigenvalue weighted by Gasteiger charge is -2.20. The molecule has 0 aliphatic rings. The maximum Gasteiger partial charge on any atom is 0.472 e. The van der Waals surface area contributed by atoms with Crippen molar-refractivity contribution in [3.05, 3.63) is 60.8 Å². The molecular weight excluding hydrogens is 767 g/mol. The highest BCUT2D eigenvalue weighted by Gasteiger charge is 2.27. The van der Waals surface area contributed by atoms with Crippen molar-refractivity contribution in [2.75, 3.05) is 26.4 Å². The molecule has 0 heterocycles. The molecule has 0 aromatic rings. The van der Waals surface area contributed by atoms with Gasteiger partial charge in [0.1, 0.15) is 12.7 Å². The molecule has 0 saturated carbocycles. The number of carbonyl (C=O) groups excluding carboxylic acids is 2. The van der Waals surface area contributed by atoms with Crippen molar-refractivity contribution >= 4 is 19.8 Å². The van der Waals surface area contributed by atoms with E-state index >= 15 is 0 Å². The highest BCUT2D eigenvalue weighted by Crippen LogP contribution is 2.43. The summed E-state index contributed by atoms with van der Waals surface area (Å²) in [4.78, 5) is 35.1. The number of rotatable bonds is 43. The zero-order valence-corrected chi connectivity index (χ0v) is 38.1. The Morgan fingerprint density at radius 2 is 0.881 bits per heavy atom. The molecule has 0 aliphatic carbocycles. The molecule has 10 nitrogen and oxygen atoms in total. The van der Waals surface area contributed by atoms with Gasteiger partial charge >= 0.3 is 19.8 Å². The Labute approximate surface area is 359 Å². The summed E-state index contributed by atoms with van der Waals surface area (Å²) < 4.78 is 32.8. The molecule has 0 amide bonds. The second-order valence-electron chi connectivity index (χ2n) is 15.4. The lowest BCUT2D eigenvalue weighted by Crippen LogP contribution is -2.29. The van der Waals surface area contributed by atoms with Crippen molar-refractivity contribution in [1.29, 1.82) is 0 Å². The Morgan fingerprint density at radius 1 is 0.508 bits per heavy atom. The zero-order valence-electron chi connectivity index (χ0n) is 37.2. The minimum atomic E-state index is -4.63. The number of ether oxygens (including phenoxy) is 2. The van der Waals surface area contributed by atoms with E-state index in [0.29, 0.717) is 12.8 Å². The quantitative estimate of drug-likeness (QED) is 0.0234. The number of allylic oxidation sites excluding steroid dienone is 10. The van der Waals surface area contributed by atoms with E-state index in [9.17, 15) is 24.2 Å². The van der Waals surface area contributed by atoms with Crippen molar-refractivity contribution in [3.63, 3.8) is 0 Å². The average molecular weight is 853 g/mol. The topological polar surface area (TPSA) is 149 Å². The molecule has 3 N–H and O–H groups in total. The van der Waals surface area contributed by atoms with Crippen LogP contribution in [0.15, 0.2) is 60.8 Å². The van der Waals surface area contributed by atoms with Gasteiger partial charge in [-0.05, 0) is 83.5 Å². The summed E-state index contributed by atoms with van der Waals surface area (Å²) >= 11 is 0. The second kappa shape index (κ2) is 43.7. The molecular formula is C48H85O10P. The van der Waals surface area contributed by atoms with Crippen molar-refractivity contribution in [2.45, 2.75) is 206 Å². The predicted molar refractivity (Wildman–Crippen MR) is 242 cm³/mol. The van der Waals surface area contributed by atoms with Crippen LogP contribution in [0.25, 0.3) is 0 Å². The SMILES string of the molecule is CCCCC/C=C/C/C=C/C/C=C/CCCCCCC(=O)OC[C@H](COP(=O)(O)OC[C@@H](O)CO)OC(=O)CCCCCCCCCCC/C=C/C/C=C/CCCCC. The Balaban J connectivity index is 4.30. The minimum Gasteiger partial charge on any atom is -0.462 e. The summed E-state index contributed by atoms with van der Waals surface area (Å²) in [6.07, 6.45) is 48.9. The highest BCUT2D eigenvalue weighted by atomic mass is 31.2. The summed E-state index contributed by atoms with van der Waals surface area (Å²) in [6, 6.07) is 0. The number of esters is 2. The second-order valence-corrected chi connectivity index (χ2v) is 16.9. The molecule has 0 fully saturated rings. The molecule has 0 radical (unpaired) electrons. The molecule has 0 rings (SSSR count). The van der Waals surface area contributed by atoms with E-state index in [4.69, 9.17) is 23.6 Å². The molecule has 342 valence electrons. The van der Waals surface area contributed by atoms with Gasteiger partial charge in [-0.2, -0.15) is 0 Å². The van der Waals surface area contributed by atoms with Gasteiger partial charge < -0.3 is 24.6 Å². The number of phosphoric acid groups is 1. The molecule has 0 spiro atoms. The number of carbonyl (C=O) groups is 2. The Hall–Kier alpha value is -2.33. The van der Waals surface area contributed by atoms with Gasteiger partial charge in [0.25, 0.3) is 0 Å². The van der Waals surface area contributed by atoms with Gasteiger partial charge in [0.15, 0.2) is 6.10 Å². The Kier molecular flexibility index (Phi) is 42.0. The van der Waals surface area contributed by atoms with Crippen LogP contribution in [0.4, 0.5) is 0 Å². The molecule has 0 aromatic carbocycles. The van der Waals surface area contributed by atoms with E-state index in [1.165, 1.54) is 83.5 Å². The van der Waals surface area contributed by atoms with Gasteiger partial charge in [-0.3, -0.25) is 18.6 Å². The zero-order chi connectivity index (χ0) is 43.3. The third-order valence-corrected chi connectivity index (χ3v) is 10.6. The van der Waals surface area contributed by atoms with Gasteiger partial charge in [-0.15, -0.1) is 0 Å².